The second kappa shape index (κ2) is 10.1. The largest absolute Gasteiger partial charge is 0.453 e. The van der Waals surface area contributed by atoms with Gasteiger partial charge in [0.1, 0.15) is 11.6 Å². The average molecular weight is 548 g/mol. The number of hydrogen-bond acceptors (Lipinski definition) is 11. The van der Waals surface area contributed by atoms with E-state index in [1.165, 1.54) is 17.8 Å². The lowest BCUT2D eigenvalue weighted by molar-refractivity contribution is 0.0269. The first-order valence-corrected chi connectivity index (χ1v) is 13.1. The van der Waals surface area contributed by atoms with Crippen LogP contribution in [0.3, 0.4) is 0 Å². The summed E-state index contributed by atoms with van der Waals surface area (Å²) in [5.74, 6) is 0.729. The van der Waals surface area contributed by atoms with E-state index in [9.17, 15) is 15.3 Å². The normalized spacial score (nSPS) is 17.8. The van der Waals surface area contributed by atoms with Crippen LogP contribution in [-0.2, 0) is 4.74 Å². The molecule has 200 valence electrons. The first-order valence-electron chi connectivity index (χ1n) is 12.7. The van der Waals surface area contributed by atoms with Crippen molar-refractivity contribution in [1.29, 1.82) is 10.5 Å². The number of methoxy groups -OCH3 is 1. The van der Waals surface area contributed by atoms with Crippen molar-refractivity contribution in [1.82, 2.24) is 29.4 Å². The van der Waals surface area contributed by atoms with Crippen molar-refractivity contribution < 1.29 is 9.53 Å². The number of carbonyl (C=O) groups excluding carboxylic acids is 1. The molecular formula is C25H26ClN11O2. The number of aromatic nitrogens is 4. The fourth-order valence-corrected chi connectivity index (χ4v) is 5.20. The monoisotopic (exact) mass is 547 g/mol. The maximum Gasteiger partial charge on any atom is 0.409 e. The van der Waals surface area contributed by atoms with Gasteiger partial charge in [0.2, 0.25) is 11.9 Å². The Balaban J connectivity index is 1.22. The average Bonchev–Trinajstić information content (AvgIpc) is 3.65. The van der Waals surface area contributed by atoms with Gasteiger partial charge in [0, 0.05) is 51.4 Å². The standard InChI is InChI=1S/C25H26ClN11O2/c1-39-25(38)36-13-18(14-36)34-4-6-35(7-5-34)20-9-15(10-27)8-19(21(20)26)31-23-32-22-16(11-28)12-29-37(22)24(33-23)30-17-2-3-17/h8-9,12,17-18H,2-7,13-14H2,1H3,(H2,30,31,32,33). The molecule has 0 radical (unpaired) electrons. The number of nitriles is 2. The Morgan fingerprint density at radius 3 is 2.56 bits per heavy atom. The molecular weight excluding hydrogens is 522 g/mol. The van der Waals surface area contributed by atoms with Gasteiger partial charge in [-0.25, -0.2) is 4.79 Å². The number of piperazine rings is 1. The van der Waals surface area contributed by atoms with Crippen LogP contribution in [0.15, 0.2) is 18.3 Å². The van der Waals surface area contributed by atoms with Crippen molar-refractivity contribution in [3.63, 3.8) is 0 Å². The predicted molar refractivity (Wildman–Crippen MR) is 143 cm³/mol. The van der Waals surface area contributed by atoms with Gasteiger partial charge in [-0.3, -0.25) is 4.90 Å². The van der Waals surface area contributed by atoms with E-state index in [4.69, 9.17) is 16.3 Å². The minimum Gasteiger partial charge on any atom is -0.453 e. The zero-order chi connectivity index (χ0) is 27.1. The summed E-state index contributed by atoms with van der Waals surface area (Å²) in [5, 5.41) is 30.5. The molecule has 6 rings (SSSR count). The number of ether oxygens (including phenoxy) is 1. The molecule has 2 aromatic heterocycles. The summed E-state index contributed by atoms with van der Waals surface area (Å²) < 4.78 is 6.31. The van der Waals surface area contributed by atoms with E-state index >= 15 is 0 Å². The quantitative estimate of drug-likeness (QED) is 0.468. The van der Waals surface area contributed by atoms with E-state index in [2.05, 4.69) is 47.6 Å². The number of fused-ring (bicyclic) bond motifs is 1. The van der Waals surface area contributed by atoms with Gasteiger partial charge in [0.25, 0.3) is 0 Å². The molecule has 2 saturated heterocycles. The molecule has 1 aromatic carbocycles. The Hall–Kier alpha value is -4.33. The van der Waals surface area contributed by atoms with Crippen LogP contribution in [0.2, 0.25) is 5.02 Å². The van der Waals surface area contributed by atoms with Crippen LogP contribution < -0.4 is 15.5 Å². The van der Waals surface area contributed by atoms with Crippen LogP contribution >= 0.6 is 11.6 Å². The van der Waals surface area contributed by atoms with Crippen molar-refractivity contribution in [2.75, 3.05) is 61.9 Å². The minimum atomic E-state index is -0.291. The number of nitrogens with one attached hydrogen (secondary N) is 2. The van der Waals surface area contributed by atoms with E-state index in [0.29, 0.717) is 58.6 Å². The summed E-state index contributed by atoms with van der Waals surface area (Å²) in [7, 11) is 1.40. The summed E-state index contributed by atoms with van der Waals surface area (Å²) in [5.41, 5.74) is 2.41. The first kappa shape index (κ1) is 25.0. The Morgan fingerprint density at radius 1 is 1.13 bits per heavy atom. The summed E-state index contributed by atoms with van der Waals surface area (Å²) >= 11 is 6.89. The lowest BCUT2D eigenvalue weighted by Crippen LogP contribution is -2.64. The van der Waals surface area contributed by atoms with Crippen LogP contribution in [0.1, 0.15) is 24.0 Å². The maximum atomic E-state index is 11.7. The number of benzene rings is 1. The van der Waals surface area contributed by atoms with Crippen LogP contribution in [0.25, 0.3) is 5.65 Å². The maximum absolute atomic E-state index is 11.7. The Labute approximate surface area is 229 Å². The molecule has 3 fully saturated rings. The number of likely N-dealkylation sites (tertiary alicyclic amines) is 1. The van der Waals surface area contributed by atoms with Gasteiger partial charge in [-0.05, 0) is 25.0 Å². The van der Waals surface area contributed by atoms with Crippen LogP contribution in [0.4, 0.5) is 28.1 Å². The Bertz CT molecular complexity index is 1510. The molecule has 3 aromatic rings. The Morgan fingerprint density at radius 2 is 1.90 bits per heavy atom. The summed E-state index contributed by atoms with van der Waals surface area (Å²) in [6.45, 7) is 4.40. The molecule has 0 spiro atoms. The van der Waals surface area contributed by atoms with Crippen LogP contribution in [0, 0.1) is 22.7 Å². The van der Waals surface area contributed by atoms with Crippen molar-refractivity contribution in [2.24, 2.45) is 0 Å². The van der Waals surface area contributed by atoms with Crippen molar-refractivity contribution >= 4 is 46.6 Å². The molecule has 2 aliphatic heterocycles. The molecule has 2 N–H and O–H groups in total. The molecule has 1 saturated carbocycles. The fourth-order valence-electron chi connectivity index (χ4n) is 4.92. The third kappa shape index (κ3) is 4.82. The van der Waals surface area contributed by atoms with E-state index in [0.717, 1.165) is 44.7 Å². The highest BCUT2D eigenvalue weighted by molar-refractivity contribution is 6.36. The topological polar surface area (TPSA) is 151 Å². The zero-order valence-corrected chi connectivity index (χ0v) is 22.0. The lowest BCUT2D eigenvalue weighted by atomic mass is 10.1. The van der Waals surface area contributed by atoms with E-state index in [1.54, 1.807) is 17.0 Å². The number of anilines is 4. The number of nitrogens with zero attached hydrogens (tertiary/aromatic N) is 9. The number of hydrogen-bond donors (Lipinski definition) is 2. The highest BCUT2D eigenvalue weighted by Gasteiger charge is 2.37. The van der Waals surface area contributed by atoms with Gasteiger partial charge in [-0.1, -0.05) is 11.6 Å². The third-order valence-corrected chi connectivity index (χ3v) is 7.69. The molecule has 0 atom stereocenters. The number of carbonyl (C=O) groups is 1. The van der Waals surface area contributed by atoms with E-state index in [1.807, 2.05) is 0 Å². The second-order valence-corrected chi connectivity index (χ2v) is 10.2. The van der Waals surface area contributed by atoms with Gasteiger partial charge in [-0.2, -0.15) is 30.1 Å². The van der Waals surface area contributed by atoms with Gasteiger partial charge in [0.15, 0.2) is 5.65 Å². The molecule has 39 heavy (non-hydrogen) atoms. The smallest absolute Gasteiger partial charge is 0.409 e. The molecule has 13 nitrogen and oxygen atoms in total. The number of halogens is 1. The molecule has 14 heteroatoms. The molecule has 0 bridgehead atoms. The van der Waals surface area contributed by atoms with Crippen LogP contribution in [0.5, 0.6) is 0 Å². The summed E-state index contributed by atoms with van der Waals surface area (Å²) in [6, 6.07) is 8.42. The van der Waals surface area contributed by atoms with Crippen molar-refractivity contribution in [2.45, 2.75) is 24.9 Å². The summed E-state index contributed by atoms with van der Waals surface area (Å²) in [6.07, 6.45) is 3.25. The third-order valence-electron chi connectivity index (χ3n) is 7.29. The predicted octanol–water partition coefficient (Wildman–Crippen LogP) is 2.41. The zero-order valence-electron chi connectivity index (χ0n) is 21.3. The number of rotatable bonds is 6. The van der Waals surface area contributed by atoms with Crippen molar-refractivity contribution in [3.8, 4) is 12.1 Å². The van der Waals surface area contributed by atoms with Gasteiger partial charge in [0.05, 0.1) is 41.3 Å². The number of amides is 1. The minimum absolute atomic E-state index is 0.246. The van der Waals surface area contributed by atoms with Crippen LogP contribution in [-0.4, -0.2) is 93.9 Å². The second-order valence-electron chi connectivity index (χ2n) is 9.84. The molecule has 3 aliphatic rings. The highest BCUT2D eigenvalue weighted by Crippen LogP contribution is 2.37. The summed E-state index contributed by atoms with van der Waals surface area (Å²) in [4.78, 5) is 27.0. The van der Waals surface area contributed by atoms with E-state index < -0.39 is 0 Å². The molecule has 4 heterocycles. The fraction of sp³-hybridized carbons (Fsp3) is 0.440. The van der Waals surface area contributed by atoms with Crippen molar-refractivity contribution in [3.05, 3.63) is 34.5 Å². The highest BCUT2D eigenvalue weighted by atomic mass is 35.5. The first-order chi connectivity index (χ1) is 19.0. The lowest BCUT2D eigenvalue weighted by Gasteiger charge is -2.47. The van der Waals surface area contributed by atoms with E-state index in [-0.39, 0.29) is 12.0 Å². The molecule has 1 amide bonds. The van der Waals surface area contributed by atoms with Gasteiger partial charge >= 0.3 is 6.09 Å². The Kier molecular flexibility index (Phi) is 6.46. The molecule has 1 aliphatic carbocycles. The SMILES string of the molecule is COC(=O)N1CC(N2CCN(c3cc(C#N)cc(Nc4nc(NC5CC5)n5ncc(C#N)c5n4)c3Cl)CC2)C1. The van der Waals surface area contributed by atoms with Gasteiger partial charge < -0.3 is 25.2 Å². The molecule has 0 unspecified atom stereocenters. The van der Waals surface area contributed by atoms with Gasteiger partial charge in [-0.15, -0.1) is 0 Å².